The second-order valence-electron chi connectivity index (χ2n) is 6.46. The third kappa shape index (κ3) is 2.88. The molecule has 4 rings (SSSR count). The standard InChI is InChI=1S/C18H21N7O/c1-13-9-14(3-4-15(13)25-12-20-11-22-25)18(26)24-8-5-19-10-16(24)17-21-6-7-23(17)2/h3-4,6-7,9,11-12,16,19H,5,8,10H2,1-2H3. The number of carbonyl (C=O) groups excluding carboxylic acids is 1. The first kappa shape index (κ1) is 16.5. The third-order valence-electron chi connectivity index (χ3n) is 4.77. The predicted molar refractivity (Wildman–Crippen MR) is 96.0 cm³/mol. The molecule has 1 aliphatic heterocycles. The van der Waals surface area contributed by atoms with Crippen molar-refractivity contribution in [3.8, 4) is 5.69 Å². The number of nitrogens with one attached hydrogen (secondary N) is 1. The van der Waals surface area contributed by atoms with Crippen molar-refractivity contribution in [2.75, 3.05) is 19.6 Å². The summed E-state index contributed by atoms with van der Waals surface area (Å²) in [5.74, 6) is 0.911. The summed E-state index contributed by atoms with van der Waals surface area (Å²) in [5, 5.41) is 7.52. The Kier molecular flexibility index (Phi) is 4.26. The van der Waals surface area contributed by atoms with Crippen molar-refractivity contribution in [1.82, 2.24) is 34.5 Å². The summed E-state index contributed by atoms with van der Waals surface area (Å²) in [5.41, 5.74) is 2.57. The van der Waals surface area contributed by atoms with E-state index in [2.05, 4.69) is 20.4 Å². The average Bonchev–Trinajstić information content (AvgIpc) is 3.33. The van der Waals surface area contributed by atoms with Crippen LogP contribution in [-0.2, 0) is 7.05 Å². The highest BCUT2D eigenvalue weighted by Gasteiger charge is 2.31. The molecule has 1 unspecified atom stereocenters. The fraction of sp³-hybridized carbons (Fsp3) is 0.333. The molecule has 1 saturated heterocycles. The number of nitrogens with zero attached hydrogens (tertiary/aromatic N) is 6. The molecule has 0 aliphatic carbocycles. The van der Waals surface area contributed by atoms with Gasteiger partial charge in [-0.25, -0.2) is 14.6 Å². The Hall–Kier alpha value is -3.00. The summed E-state index contributed by atoms with van der Waals surface area (Å²) in [4.78, 5) is 23.5. The number of benzene rings is 1. The maximum Gasteiger partial charge on any atom is 0.254 e. The van der Waals surface area contributed by atoms with Gasteiger partial charge in [0, 0.05) is 44.6 Å². The van der Waals surface area contributed by atoms with E-state index in [9.17, 15) is 4.79 Å². The predicted octanol–water partition coefficient (Wildman–Crippen LogP) is 1.10. The van der Waals surface area contributed by atoms with E-state index >= 15 is 0 Å². The van der Waals surface area contributed by atoms with Crippen LogP contribution < -0.4 is 5.32 Å². The van der Waals surface area contributed by atoms with Crippen molar-refractivity contribution in [3.05, 3.63) is 60.2 Å². The SMILES string of the molecule is Cc1cc(C(=O)N2CCNCC2c2nccn2C)ccc1-n1cncn1. The van der Waals surface area contributed by atoms with Crippen LogP contribution in [0.2, 0.25) is 0 Å². The molecular formula is C18H21N7O. The minimum Gasteiger partial charge on any atom is -0.336 e. The monoisotopic (exact) mass is 351 g/mol. The zero-order chi connectivity index (χ0) is 18.1. The van der Waals surface area contributed by atoms with E-state index in [1.165, 1.54) is 6.33 Å². The van der Waals surface area contributed by atoms with Gasteiger partial charge in [-0.05, 0) is 30.7 Å². The number of amides is 1. The number of rotatable bonds is 3. The highest BCUT2D eigenvalue weighted by molar-refractivity contribution is 5.95. The minimum atomic E-state index is -0.0773. The largest absolute Gasteiger partial charge is 0.336 e. The van der Waals surface area contributed by atoms with Crippen molar-refractivity contribution in [2.45, 2.75) is 13.0 Å². The van der Waals surface area contributed by atoms with Crippen LogP contribution in [0.25, 0.3) is 5.69 Å². The molecule has 1 aromatic carbocycles. The lowest BCUT2D eigenvalue weighted by atomic mass is 10.1. The van der Waals surface area contributed by atoms with E-state index in [1.54, 1.807) is 17.2 Å². The molecule has 26 heavy (non-hydrogen) atoms. The second kappa shape index (κ2) is 6.72. The number of hydrogen-bond donors (Lipinski definition) is 1. The van der Waals surface area contributed by atoms with Crippen molar-refractivity contribution in [2.24, 2.45) is 7.05 Å². The fourth-order valence-electron chi connectivity index (χ4n) is 3.42. The molecule has 2 aromatic heterocycles. The molecular weight excluding hydrogens is 330 g/mol. The Morgan fingerprint density at radius 1 is 1.35 bits per heavy atom. The quantitative estimate of drug-likeness (QED) is 0.764. The van der Waals surface area contributed by atoms with Crippen LogP contribution in [0.3, 0.4) is 0 Å². The van der Waals surface area contributed by atoms with E-state index < -0.39 is 0 Å². The molecule has 3 heterocycles. The van der Waals surface area contributed by atoms with Crippen LogP contribution in [0.15, 0.2) is 43.2 Å². The van der Waals surface area contributed by atoms with Gasteiger partial charge in [0.2, 0.25) is 0 Å². The summed E-state index contributed by atoms with van der Waals surface area (Å²) < 4.78 is 3.67. The molecule has 0 bridgehead atoms. The maximum atomic E-state index is 13.2. The van der Waals surface area contributed by atoms with Crippen molar-refractivity contribution in [3.63, 3.8) is 0 Å². The number of carbonyl (C=O) groups is 1. The van der Waals surface area contributed by atoms with E-state index in [1.807, 2.05) is 47.8 Å². The number of aromatic nitrogens is 5. The first-order chi connectivity index (χ1) is 12.6. The molecule has 134 valence electrons. The summed E-state index contributed by atoms with van der Waals surface area (Å²) >= 11 is 0. The number of aryl methyl sites for hydroxylation is 2. The lowest BCUT2D eigenvalue weighted by Gasteiger charge is -2.36. The van der Waals surface area contributed by atoms with Crippen LogP contribution >= 0.6 is 0 Å². The molecule has 8 heteroatoms. The van der Waals surface area contributed by atoms with Crippen LogP contribution in [0.4, 0.5) is 0 Å². The Morgan fingerprint density at radius 2 is 2.23 bits per heavy atom. The van der Waals surface area contributed by atoms with Gasteiger partial charge in [0.1, 0.15) is 24.5 Å². The highest BCUT2D eigenvalue weighted by atomic mass is 16.2. The number of imidazole rings is 1. The lowest BCUT2D eigenvalue weighted by molar-refractivity contribution is 0.0621. The zero-order valence-electron chi connectivity index (χ0n) is 14.8. The number of hydrogen-bond acceptors (Lipinski definition) is 5. The van der Waals surface area contributed by atoms with Crippen LogP contribution in [-0.4, -0.2) is 54.8 Å². The topological polar surface area (TPSA) is 80.9 Å². The molecule has 0 spiro atoms. The summed E-state index contributed by atoms with van der Waals surface area (Å²) in [6.45, 7) is 4.11. The van der Waals surface area contributed by atoms with Gasteiger partial charge in [-0.15, -0.1) is 0 Å². The van der Waals surface area contributed by atoms with Gasteiger partial charge >= 0.3 is 0 Å². The Bertz CT molecular complexity index is 916. The zero-order valence-corrected chi connectivity index (χ0v) is 14.8. The maximum absolute atomic E-state index is 13.2. The van der Waals surface area contributed by atoms with Crippen molar-refractivity contribution >= 4 is 5.91 Å². The normalized spacial score (nSPS) is 17.5. The van der Waals surface area contributed by atoms with Gasteiger partial charge < -0.3 is 14.8 Å². The molecule has 1 aliphatic rings. The van der Waals surface area contributed by atoms with Crippen LogP contribution in [0.5, 0.6) is 0 Å². The Balaban J connectivity index is 1.63. The van der Waals surface area contributed by atoms with Gasteiger partial charge in [0.05, 0.1) is 5.69 Å². The molecule has 3 aromatic rings. The molecule has 1 N–H and O–H groups in total. The summed E-state index contributed by atoms with van der Waals surface area (Å²) in [6, 6.07) is 5.60. The van der Waals surface area contributed by atoms with E-state index in [0.717, 1.165) is 23.6 Å². The lowest BCUT2D eigenvalue weighted by Crippen LogP contribution is -2.49. The Labute approximate surface area is 151 Å². The molecule has 0 radical (unpaired) electrons. The van der Waals surface area contributed by atoms with Crippen molar-refractivity contribution < 1.29 is 4.79 Å². The van der Waals surface area contributed by atoms with Gasteiger partial charge in [0.25, 0.3) is 5.91 Å². The van der Waals surface area contributed by atoms with E-state index in [4.69, 9.17) is 0 Å². The molecule has 0 saturated carbocycles. The first-order valence-electron chi connectivity index (χ1n) is 8.59. The van der Waals surface area contributed by atoms with Crippen LogP contribution in [0, 0.1) is 6.92 Å². The van der Waals surface area contributed by atoms with Gasteiger partial charge in [-0.2, -0.15) is 5.10 Å². The minimum absolute atomic E-state index is 0.0211. The first-order valence-corrected chi connectivity index (χ1v) is 8.59. The van der Waals surface area contributed by atoms with Gasteiger partial charge in [0.15, 0.2) is 0 Å². The van der Waals surface area contributed by atoms with Crippen molar-refractivity contribution in [1.29, 1.82) is 0 Å². The third-order valence-corrected chi connectivity index (χ3v) is 4.77. The fourth-order valence-corrected chi connectivity index (χ4v) is 3.42. The molecule has 8 nitrogen and oxygen atoms in total. The van der Waals surface area contributed by atoms with Gasteiger partial charge in [-0.3, -0.25) is 4.79 Å². The Morgan fingerprint density at radius 3 is 2.92 bits per heavy atom. The molecule has 1 amide bonds. The van der Waals surface area contributed by atoms with E-state index in [0.29, 0.717) is 18.7 Å². The summed E-state index contributed by atoms with van der Waals surface area (Å²) in [7, 11) is 1.96. The summed E-state index contributed by atoms with van der Waals surface area (Å²) in [6.07, 6.45) is 6.82. The molecule has 1 fully saturated rings. The highest BCUT2D eigenvalue weighted by Crippen LogP contribution is 2.24. The van der Waals surface area contributed by atoms with E-state index in [-0.39, 0.29) is 11.9 Å². The second-order valence-corrected chi connectivity index (χ2v) is 6.46. The number of piperazine rings is 1. The molecule has 1 atom stereocenters. The van der Waals surface area contributed by atoms with Crippen LogP contribution in [0.1, 0.15) is 27.8 Å². The van der Waals surface area contributed by atoms with Gasteiger partial charge in [-0.1, -0.05) is 0 Å². The smallest absolute Gasteiger partial charge is 0.254 e. The average molecular weight is 351 g/mol.